The fourth-order valence-corrected chi connectivity index (χ4v) is 6.80. The maximum atomic E-state index is 13.8. The summed E-state index contributed by atoms with van der Waals surface area (Å²) in [6.07, 6.45) is 0.722. The van der Waals surface area contributed by atoms with Crippen LogP contribution in [0.25, 0.3) is 16.0 Å². The van der Waals surface area contributed by atoms with E-state index in [9.17, 15) is 14.7 Å². The second kappa shape index (κ2) is 10.7. The summed E-state index contributed by atoms with van der Waals surface area (Å²) in [7, 11) is 0. The minimum absolute atomic E-state index is 0.00700. The van der Waals surface area contributed by atoms with Gasteiger partial charge in [0.25, 0.3) is 5.78 Å². The molecular formula is C35H28N2O5S. The predicted octanol–water partition coefficient (Wildman–Crippen LogP) is 7.13. The number of thiazole rings is 1. The number of hydrogen-bond donors (Lipinski definition) is 1. The third kappa shape index (κ3) is 4.93. The van der Waals surface area contributed by atoms with Crippen molar-refractivity contribution >= 4 is 44.1 Å². The molecule has 43 heavy (non-hydrogen) atoms. The molecule has 7 rings (SSSR count). The summed E-state index contributed by atoms with van der Waals surface area (Å²) >= 11 is 1.34. The number of amides is 1. The quantitative estimate of drug-likeness (QED) is 0.129. The summed E-state index contributed by atoms with van der Waals surface area (Å²) in [6, 6.07) is 27.4. The Hall–Kier alpha value is -4.95. The number of carbonyl (C=O) groups is 2. The average molecular weight is 589 g/mol. The number of Topliss-reactive ketones (excluding diaryl/α,β-unsaturated/α-hetero) is 1. The summed E-state index contributed by atoms with van der Waals surface area (Å²) in [4.78, 5) is 33.6. The molecule has 1 fully saturated rings. The number of aryl methyl sites for hydroxylation is 1. The summed E-state index contributed by atoms with van der Waals surface area (Å²) in [5, 5.41) is 12.1. The highest BCUT2D eigenvalue weighted by atomic mass is 32.1. The van der Waals surface area contributed by atoms with E-state index >= 15 is 0 Å². The van der Waals surface area contributed by atoms with Gasteiger partial charge < -0.3 is 14.6 Å². The fraction of sp³-hybridized carbons (Fsp3) is 0.171. The molecule has 2 aliphatic heterocycles. The normalized spacial score (nSPS) is 19.1. The van der Waals surface area contributed by atoms with Gasteiger partial charge in [0.05, 0.1) is 21.8 Å². The number of aliphatic hydroxyl groups excluding tert-OH is 1. The van der Waals surface area contributed by atoms with Crippen LogP contribution < -0.4 is 14.4 Å². The highest BCUT2D eigenvalue weighted by Gasteiger charge is 2.48. The van der Waals surface area contributed by atoms with E-state index in [1.807, 2.05) is 92.7 Å². The molecule has 3 heterocycles. The Labute approximate surface area is 252 Å². The van der Waals surface area contributed by atoms with Crippen LogP contribution in [0, 0.1) is 6.92 Å². The van der Waals surface area contributed by atoms with Gasteiger partial charge in [0.1, 0.15) is 30.0 Å². The van der Waals surface area contributed by atoms with Crippen molar-refractivity contribution in [3.63, 3.8) is 0 Å². The molecule has 2 unspecified atom stereocenters. The molecule has 5 aromatic rings. The first kappa shape index (κ1) is 26.9. The van der Waals surface area contributed by atoms with Gasteiger partial charge >= 0.3 is 5.91 Å². The summed E-state index contributed by atoms with van der Waals surface area (Å²) in [5.41, 5.74) is 4.85. The molecule has 0 aliphatic carbocycles. The zero-order chi connectivity index (χ0) is 29.7. The molecule has 0 spiro atoms. The molecule has 1 amide bonds. The van der Waals surface area contributed by atoms with E-state index in [4.69, 9.17) is 14.5 Å². The fourth-order valence-electron chi connectivity index (χ4n) is 5.71. The van der Waals surface area contributed by atoms with Crippen molar-refractivity contribution in [3.05, 3.63) is 124 Å². The van der Waals surface area contributed by atoms with Crippen molar-refractivity contribution in [1.29, 1.82) is 0 Å². The van der Waals surface area contributed by atoms with Crippen LogP contribution in [0.5, 0.6) is 11.5 Å². The van der Waals surface area contributed by atoms with Crippen molar-refractivity contribution < 1.29 is 24.2 Å². The Kier molecular flexibility index (Phi) is 6.70. The Morgan fingerprint density at radius 2 is 1.86 bits per heavy atom. The van der Waals surface area contributed by atoms with Crippen LogP contribution in [0.3, 0.4) is 0 Å². The highest BCUT2D eigenvalue weighted by molar-refractivity contribution is 7.22. The van der Waals surface area contributed by atoms with E-state index in [0.29, 0.717) is 35.0 Å². The van der Waals surface area contributed by atoms with Gasteiger partial charge in [0.2, 0.25) is 0 Å². The SMILES string of the molecule is Cc1ccc2nc(N3C(=O)C(=O)C(=C(O)c4ccc5c(c4)CC(C)O5)C3c3cccc(OCc4ccccc4)c3)sc2c1. The molecular weight excluding hydrogens is 560 g/mol. The van der Waals surface area contributed by atoms with E-state index in [1.165, 1.54) is 16.2 Å². The lowest BCUT2D eigenvalue weighted by atomic mass is 9.94. The molecule has 7 nitrogen and oxygen atoms in total. The number of rotatable bonds is 6. The lowest BCUT2D eigenvalue weighted by Gasteiger charge is -2.23. The van der Waals surface area contributed by atoms with Crippen molar-refractivity contribution in [3.8, 4) is 11.5 Å². The summed E-state index contributed by atoms with van der Waals surface area (Å²) < 4.78 is 12.8. The number of nitrogens with zero attached hydrogens (tertiary/aromatic N) is 2. The molecule has 1 saturated heterocycles. The number of ketones is 1. The molecule has 8 heteroatoms. The van der Waals surface area contributed by atoms with Crippen LogP contribution in [0.2, 0.25) is 0 Å². The summed E-state index contributed by atoms with van der Waals surface area (Å²) in [6.45, 7) is 4.34. The second-order valence-electron chi connectivity index (χ2n) is 10.9. The van der Waals surface area contributed by atoms with E-state index in [1.54, 1.807) is 12.1 Å². The maximum Gasteiger partial charge on any atom is 0.301 e. The lowest BCUT2D eigenvalue weighted by Crippen LogP contribution is -2.29. The van der Waals surface area contributed by atoms with Crippen LogP contribution >= 0.6 is 11.3 Å². The first-order chi connectivity index (χ1) is 20.9. The van der Waals surface area contributed by atoms with E-state index < -0.39 is 17.7 Å². The number of ether oxygens (including phenoxy) is 2. The molecule has 0 radical (unpaired) electrons. The molecule has 0 bridgehead atoms. The van der Waals surface area contributed by atoms with Gasteiger partial charge in [-0.05, 0) is 78.6 Å². The number of aliphatic hydroxyl groups is 1. The highest BCUT2D eigenvalue weighted by Crippen LogP contribution is 2.45. The molecule has 1 N–H and O–H groups in total. The topological polar surface area (TPSA) is 89.0 Å². The molecule has 2 aliphatic rings. The molecule has 0 saturated carbocycles. The monoisotopic (exact) mass is 588 g/mol. The lowest BCUT2D eigenvalue weighted by molar-refractivity contribution is -0.132. The second-order valence-corrected chi connectivity index (χ2v) is 11.9. The Bertz CT molecular complexity index is 1930. The van der Waals surface area contributed by atoms with Crippen LogP contribution in [-0.2, 0) is 22.6 Å². The van der Waals surface area contributed by atoms with Gasteiger partial charge in [-0.1, -0.05) is 59.9 Å². The molecule has 214 valence electrons. The van der Waals surface area contributed by atoms with Crippen molar-refractivity contribution in [1.82, 2.24) is 4.98 Å². The molecule has 1 aromatic heterocycles. The Balaban J connectivity index is 1.35. The Morgan fingerprint density at radius 1 is 1.02 bits per heavy atom. The predicted molar refractivity (Wildman–Crippen MR) is 167 cm³/mol. The number of hydrogen-bond acceptors (Lipinski definition) is 7. The molecule has 2 atom stereocenters. The minimum Gasteiger partial charge on any atom is -0.507 e. The van der Waals surface area contributed by atoms with Gasteiger partial charge in [-0.2, -0.15) is 0 Å². The van der Waals surface area contributed by atoms with Crippen molar-refractivity contribution in [2.75, 3.05) is 4.90 Å². The third-order valence-electron chi connectivity index (χ3n) is 7.77. The number of carbonyl (C=O) groups excluding carboxylic acids is 2. The summed E-state index contributed by atoms with van der Waals surface area (Å²) in [5.74, 6) is -0.403. The van der Waals surface area contributed by atoms with Crippen LogP contribution in [0.1, 0.15) is 40.8 Å². The number of fused-ring (bicyclic) bond motifs is 2. The molecule has 4 aromatic carbocycles. The van der Waals surface area contributed by atoms with Crippen LogP contribution in [0.15, 0.2) is 96.6 Å². The first-order valence-corrected chi connectivity index (χ1v) is 14.9. The largest absolute Gasteiger partial charge is 0.507 e. The number of anilines is 1. The smallest absolute Gasteiger partial charge is 0.301 e. The van der Waals surface area contributed by atoms with Gasteiger partial charge in [-0.3, -0.25) is 14.5 Å². The zero-order valence-electron chi connectivity index (χ0n) is 23.6. The van der Waals surface area contributed by atoms with Crippen LogP contribution in [0.4, 0.5) is 5.13 Å². The number of aromatic nitrogens is 1. The minimum atomic E-state index is -0.912. The third-order valence-corrected chi connectivity index (χ3v) is 8.79. The van der Waals surface area contributed by atoms with Gasteiger partial charge in [0, 0.05) is 12.0 Å². The van der Waals surface area contributed by atoms with E-state index in [-0.39, 0.29) is 17.4 Å². The zero-order valence-corrected chi connectivity index (χ0v) is 24.4. The Morgan fingerprint density at radius 3 is 2.70 bits per heavy atom. The van der Waals surface area contributed by atoms with E-state index in [2.05, 4.69) is 0 Å². The maximum absolute atomic E-state index is 13.8. The standard InChI is InChI=1S/C35H28N2O5S/c1-20-11-13-27-29(15-20)43-35(36-27)37-31(23-9-6-10-26(18-23)41-19-22-7-4-3-5-8-22)30(33(39)34(37)40)32(38)24-12-14-28-25(17-24)16-21(2)42-28/h3-15,17-18,21,31,38H,16,19H2,1-2H3. The number of benzene rings is 4. The average Bonchev–Trinajstić information content (AvgIpc) is 3.68. The van der Waals surface area contributed by atoms with Crippen molar-refractivity contribution in [2.24, 2.45) is 0 Å². The van der Waals surface area contributed by atoms with E-state index in [0.717, 1.165) is 32.7 Å². The van der Waals surface area contributed by atoms with Gasteiger partial charge in [-0.25, -0.2) is 4.98 Å². The van der Waals surface area contributed by atoms with Gasteiger partial charge in [0.15, 0.2) is 5.13 Å². The van der Waals surface area contributed by atoms with Crippen LogP contribution in [-0.4, -0.2) is 27.9 Å². The van der Waals surface area contributed by atoms with Gasteiger partial charge in [-0.15, -0.1) is 0 Å². The first-order valence-electron chi connectivity index (χ1n) is 14.1. The van der Waals surface area contributed by atoms with Crippen molar-refractivity contribution in [2.45, 2.75) is 39.0 Å².